The van der Waals surface area contributed by atoms with Crippen LogP contribution in [0.3, 0.4) is 0 Å². The summed E-state index contributed by atoms with van der Waals surface area (Å²) < 4.78 is 0. The van der Waals surface area contributed by atoms with Gasteiger partial charge in [0.15, 0.2) is 0 Å². The molecule has 0 amide bonds. The molecule has 0 aromatic carbocycles. The smallest absolute Gasteiger partial charge is 0.146 e. The average molecular weight is 172 g/mol. The molecule has 1 saturated heterocycles. The van der Waals surface area contributed by atoms with Gasteiger partial charge in [-0.2, -0.15) is 11.8 Å². The molecule has 1 aliphatic rings. The second kappa shape index (κ2) is 4.15. The van der Waals surface area contributed by atoms with Crippen molar-refractivity contribution in [3.8, 4) is 0 Å². The van der Waals surface area contributed by atoms with E-state index in [0.717, 1.165) is 24.3 Å². The molecule has 0 aromatic heterocycles. The molecule has 1 rings (SSSR count). The fourth-order valence-corrected chi connectivity index (χ4v) is 2.99. The second-order valence-corrected chi connectivity index (χ2v) is 4.19. The Kier molecular flexibility index (Phi) is 3.44. The molecule has 0 bridgehead atoms. The SMILES string of the molecule is CCC(CC)C1CSCC1=O. The van der Waals surface area contributed by atoms with Crippen LogP contribution in [-0.2, 0) is 4.79 Å². The van der Waals surface area contributed by atoms with Crippen LogP contribution in [0.15, 0.2) is 0 Å². The second-order valence-electron chi connectivity index (χ2n) is 3.16. The van der Waals surface area contributed by atoms with Crippen molar-refractivity contribution in [2.45, 2.75) is 26.7 Å². The zero-order valence-electron chi connectivity index (χ0n) is 7.30. The highest BCUT2D eigenvalue weighted by Crippen LogP contribution is 2.30. The Hall–Kier alpha value is 0.0200. The fourth-order valence-electron chi connectivity index (χ4n) is 1.74. The summed E-state index contributed by atoms with van der Waals surface area (Å²) in [4.78, 5) is 11.3. The van der Waals surface area contributed by atoms with Crippen molar-refractivity contribution in [3.63, 3.8) is 0 Å². The molecule has 1 nitrogen and oxygen atoms in total. The van der Waals surface area contributed by atoms with E-state index in [1.807, 2.05) is 0 Å². The summed E-state index contributed by atoms with van der Waals surface area (Å²) in [5.74, 6) is 3.36. The van der Waals surface area contributed by atoms with Crippen LogP contribution in [-0.4, -0.2) is 17.3 Å². The first-order chi connectivity index (χ1) is 5.29. The lowest BCUT2D eigenvalue weighted by Crippen LogP contribution is -2.20. The van der Waals surface area contributed by atoms with Gasteiger partial charge in [0.05, 0.1) is 5.75 Å². The Morgan fingerprint density at radius 1 is 1.55 bits per heavy atom. The molecule has 0 radical (unpaired) electrons. The lowest BCUT2D eigenvalue weighted by molar-refractivity contribution is -0.120. The van der Waals surface area contributed by atoms with Crippen molar-refractivity contribution < 1.29 is 4.79 Å². The first-order valence-corrected chi connectivity index (χ1v) is 5.55. The minimum absolute atomic E-state index is 0.384. The monoisotopic (exact) mass is 172 g/mol. The van der Waals surface area contributed by atoms with Crippen LogP contribution in [0.2, 0.25) is 0 Å². The lowest BCUT2D eigenvalue weighted by Gasteiger charge is -2.17. The molecule has 0 spiro atoms. The van der Waals surface area contributed by atoms with E-state index < -0.39 is 0 Å². The number of hydrogen-bond donors (Lipinski definition) is 0. The van der Waals surface area contributed by atoms with Crippen molar-refractivity contribution >= 4 is 17.5 Å². The van der Waals surface area contributed by atoms with E-state index in [2.05, 4.69) is 13.8 Å². The van der Waals surface area contributed by atoms with E-state index in [9.17, 15) is 4.79 Å². The number of Topliss-reactive ketones (excluding diaryl/α,β-unsaturated/α-hetero) is 1. The maximum absolute atomic E-state index is 11.3. The van der Waals surface area contributed by atoms with Crippen LogP contribution in [0.25, 0.3) is 0 Å². The van der Waals surface area contributed by atoms with Gasteiger partial charge in [-0.05, 0) is 5.92 Å². The van der Waals surface area contributed by atoms with Crippen molar-refractivity contribution in [3.05, 3.63) is 0 Å². The van der Waals surface area contributed by atoms with Crippen molar-refractivity contribution in [2.24, 2.45) is 11.8 Å². The van der Waals surface area contributed by atoms with Gasteiger partial charge >= 0.3 is 0 Å². The maximum atomic E-state index is 11.3. The Morgan fingerprint density at radius 3 is 2.55 bits per heavy atom. The van der Waals surface area contributed by atoms with E-state index in [0.29, 0.717) is 17.6 Å². The predicted molar refractivity (Wildman–Crippen MR) is 49.9 cm³/mol. The molecule has 11 heavy (non-hydrogen) atoms. The third-order valence-electron chi connectivity index (χ3n) is 2.57. The highest BCUT2D eigenvalue weighted by atomic mass is 32.2. The third kappa shape index (κ3) is 1.98. The Morgan fingerprint density at radius 2 is 2.18 bits per heavy atom. The predicted octanol–water partition coefficient (Wildman–Crippen LogP) is 2.35. The topological polar surface area (TPSA) is 17.1 Å². The molecule has 0 saturated carbocycles. The standard InChI is InChI=1S/C9H16OS/c1-3-7(4-2)8-5-11-6-9(8)10/h7-8H,3-6H2,1-2H3. The molecule has 0 aliphatic carbocycles. The number of hydrogen-bond acceptors (Lipinski definition) is 2. The lowest BCUT2D eigenvalue weighted by atomic mass is 9.87. The molecule has 1 aliphatic heterocycles. The van der Waals surface area contributed by atoms with Crippen LogP contribution in [0, 0.1) is 11.8 Å². The summed E-state index contributed by atoms with van der Waals surface area (Å²) in [5, 5.41) is 0. The third-order valence-corrected chi connectivity index (χ3v) is 3.66. The van der Waals surface area contributed by atoms with Crippen LogP contribution in [0.1, 0.15) is 26.7 Å². The average Bonchev–Trinajstić information content (AvgIpc) is 2.40. The Balaban J connectivity index is 2.49. The first kappa shape index (κ1) is 9.11. The van der Waals surface area contributed by atoms with Crippen molar-refractivity contribution in [1.29, 1.82) is 0 Å². The van der Waals surface area contributed by atoms with Gasteiger partial charge in [-0.15, -0.1) is 0 Å². The van der Waals surface area contributed by atoms with Gasteiger partial charge in [-0.3, -0.25) is 4.79 Å². The number of carbonyl (C=O) groups is 1. The molecule has 2 heteroatoms. The van der Waals surface area contributed by atoms with E-state index in [1.54, 1.807) is 11.8 Å². The van der Waals surface area contributed by atoms with E-state index in [4.69, 9.17) is 0 Å². The largest absolute Gasteiger partial charge is 0.298 e. The van der Waals surface area contributed by atoms with Gasteiger partial charge < -0.3 is 0 Å². The van der Waals surface area contributed by atoms with Gasteiger partial charge in [0.25, 0.3) is 0 Å². The quantitative estimate of drug-likeness (QED) is 0.650. The van der Waals surface area contributed by atoms with Crippen molar-refractivity contribution in [2.75, 3.05) is 11.5 Å². The zero-order chi connectivity index (χ0) is 8.27. The highest BCUT2D eigenvalue weighted by Gasteiger charge is 2.30. The molecule has 0 aromatic rings. The molecule has 1 unspecified atom stereocenters. The summed E-state index contributed by atoms with van der Waals surface area (Å²) in [6, 6.07) is 0. The highest BCUT2D eigenvalue weighted by molar-refractivity contribution is 8.00. The molecular formula is C9H16OS. The van der Waals surface area contributed by atoms with Gasteiger partial charge in [-0.25, -0.2) is 0 Å². The molecule has 1 atom stereocenters. The number of carbonyl (C=O) groups excluding carboxylic acids is 1. The van der Waals surface area contributed by atoms with Crippen LogP contribution in [0.4, 0.5) is 0 Å². The number of rotatable bonds is 3. The summed E-state index contributed by atoms with van der Waals surface area (Å²) in [6.07, 6.45) is 2.32. The summed E-state index contributed by atoms with van der Waals surface area (Å²) >= 11 is 1.80. The van der Waals surface area contributed by atoms with Crippen LogP contribution >= 0.6 is 11.8 Å². The molecular weight excluding hydrogens is 156 g/mol. The van der Waals surface area contributed by atoms with E-state index in [-0.39, 0.29) is 0 Å². The number of ketones is 1. The molecule has 1 fully saturated rings. The molecule has 1 heterocycles. The first-order valence-electron chi connectivity index (χ1n) is 4.40. The summed E-state index contributed by atoms with van der Waals surface area (Å²) in [5.41, 5.74) is 0. The molecule has 0 N–H and O–H groups in total. The van der Waals surface area contributed by atoms with Crippen LogP contribution < -0.4 is 0 Å². The van der Waals surface area contributed by atoms with Gasteiger partial charge in [0.1, 0.15) is 5.78 Å². The van der Waals surface area contributed by atoms with Crippen molar-refractivity contribution in [1.82, 2.24) is 0 Å². The Bertz CT molecular complexity index is 140. The number of thioether (sulfide) groups is 1. The summed E-state index contributed by atoms with van der Waals surface area (Å²) in [7, 11) is 0. The van der Waals surface area contributed by atoms with Crippen LogP contribution in [0.5, 0.6) is 0 Å². The normalized spacial score (nSPS) is 25.0. The van der Waals surface area contributed by atoms with Gasteiger partial charge in [-0.1, -0.05) is 26.7 Å². The van der Waals surface area contributed by atoms with Gasteiger partial charge in [0, 0.05) is 11.7 Å². The minimum atomic E-state index is 0.384. The Labute approximate surface area is 72.9 Å². The minimum Gasteiger partial charge on any atom is -0.298 e. The fraction of sp³-hybridized carbons (Fsp3) is 0.889. The van der Waals surface area contributed by atoms with E-state index >= 15 is 0 Å². The van der Waals surface area contributed by atoms with E-state index in [1.165, 1.54) is 0 Å². The molecule has 64 valence electrons. The summed E-state index contributed by atoms with van der Waals surface area (Å²) in [6.45, 7) is 4.37. The van der Waals surface area contributed by atoms with Gasteiger partial charge in [0.2, 0.25) is 0 Å². The zero-order valence-corrected chi connectivity index (χ0v) is 8.12. The maximum Gasteiger partial charge on any atom is 0.146 e.